The Morgan fingerprint density at radius 2 is 2.06 bits per heavy atom. The van der Waals surface area contributed by atoms with E-state index in [-0.39, 0.29) is 0 Å². The summed E-state index contributed by atoms with van der Waals surface area (Å²) in [7, 11) is 1.74. The molecule has 16 heavy (non-hydrogen) atoms. The first-order valence-electron chi connectivity index (χ1n) is 4.85. The largest absolute Gasteiger partial charge is 0.372 e. The van der Waals surface area contributed by atoms with Crippen molar-refractivity contribution in [2.75, 3.05) is 12.4 Å². The second-order valence-electron chi connectivity index (χ2n) is 3.17. The Morgan fingerprint density at radius 3 is 2.69 bits per heavy atom. The number of hydrogen-bond donors (Lipinski definition) is 1. The highest BCUT2D eigenvalue weighted by Gasteiger charge is 2.05. The summed E-state index contributed by atoms with van der Waals surface area (Å²) in [6.07, 6.45) is 1.72. The fourth-order valence-corrected chi connectivity index (χ4v) is 1.40. The molecule has 0 fully saturated rings. The fourth-order valence-electron chi connectivity index (χ4n) is 1.40. The zero-order valence-electron chi connectivity index (χ0n) is 8.81. The van der Waals surface area contributed by atoms with E-state index >= 15 is 0 Å². The molecule has 2 aromatic heterocycles. The van der Waals surface area contributed by atoms with E-state index in [2.05, 4.69) is 21.4 Å². The molecule has 0 aliphatic carbocycles. The Bertz CT molecular complexity index is 528. The van der Waals surface area contributed by atoms with Crippen LogP contribution in [0.25, 0.3) is 11.4 Å². The quantitative estimate of drug-likeness (QED) is 0.824. The number of rotatable bonds is 2. The Morgan fingerprint density at radius 1 is 1.19 bits per heavy atom. The second kappa shape index (κ2) is 4.41. The highest BCUT2D eigenvalue weighted by molar-refractivity contribution is 5.61. The average Bonchev–Trinajstić information content (AvgIpc) is 2.39. The van der Waals surface area contributed by atoms with Crippen LogP contribution in [0.1, 0.15) is 5.56 Å². The van der Waals surface area contributed by atoms with Gasteiger partial charge in [-0.05, 0) is 24.3 Å². The summed E-state index contributed by atoms with van der Waals surface area (Å²) in [6.45, 7) is 0. The normalized spacial score (nSPS) is 9.50. The molecule has 78 valence electrons. The minimum Gasteiger partial charge on any atom is -0.372 e. The van der Waals surface area contributed by atoms with Crippen molar-refractivity contribution in [3.05, 3.63) is 42.1 Å². The SMILES string of the molecule is CNc1nc(-c2ccccn2)ccc1C#N. The number of nitriles is 1. The summed E-state index contributed by atoms with van der Waals surface area (Å²) in [5, 5.41) is 11.8. The zero-order valence-corrected chi connectivity index (χ0v) is 8.81. The Labute approximate surface area is 93.6 Å². The van der Waals surface area contributed by atoms with Gasteiger partial charge in [-0.3, -0.25) is 4.98 Å². The summed E-state index contributed by atoms with van der Waals surface area (Å²) in [5.41, 5.74) is 2.08. The summed E-state index contributed by atoms with van der Waals surface area (Å²) >= 11 is 0. The molecule has 0 saturated carbocycles. The number of pyridine rings is 2. The van der Waals surface area contributed by atoms with Crippen molar-refractivity contribution in [1.82, 2.24) is 9.97 Å². The van der Waals surface area contributed by atoms with Crippen molar-refractivity contribution in [3.8, 4) is 17.5 Å². The minimum absolute atomic E-state index is 0.530. The summed E-state index contributed by atoms with van der Waals surface area (Å²) in [4.78, 5) is 8.54. The van der Waals surface area contributed by atoms with Crippen LogP contribution in [0.2, 0.25) is 0 Å². The van der Waals surface area contributed by atoms with Gasteiger partial charge in [-0.1, -0.05) is 6.07 Å². The molecule has 1 N–H and O–H groups in total. The fraction of sp³-hybridized carbons (Fsp3) is 0.0833. The third kappa shape index (κ3) is 1.84. The summed E-state index contributed by atoms with van der Waals surface area (Å²) < 4.78 is 0. The molecule has 0 spiro atoms. The first-order valence-corrected chi connectivity index (χ1v) is 4.85. The van der Waals surface area contributed by atoms with Crippen LogP contribution in [0.3, 0.4) is 0 Å². The van der Waals surface area contributed by atoms with Gasteiger partial charge in [0.05, 0.1) is 17.0 Å². The molecule has 2 aromatic rings. The van der Waals surface area contributed by atoms with Gasteiger partial charge in [0.15, 0.2) is 0 Å². The molecule has 2 heterocycles. The Balaban J connectivity index is 2.49. The van der Waals surface area contributed by atoms with Crippen molar-refractivity contribution in [3.63, 3.8) is 0 Å². The van der Waals surface area contributed by atoms with Gasteiger partial charge in [-0.15, -0.1) is 0 Å². The predicted molar refractivity (Wildman–Crippen MR) is 61.7 cm³/mol. The van der Waals surface area contributed by atoms with E-state index in [9.17, 15) is 0 Å². The number of hydrogen-bond acceptors (Lipinski definition) is 4. The lowest BCUT2D eigenvalue weighted by atomic mass is 10.2. The van der Waals surface area contributed by atoms with E-state index < -0.39 is 0 Å². The van der Waals surface area contributed by atoms with Gasteiger partial charge in [0, 0.05) is 13.2 Å². The van der Waals surface area contributed by atoms with Gasteiger partial charge >= 0.3 is 0 Å². The lowest BCUT2D eigenvalue weighted by Crippen LogP contribution is -1.98. The molecule has 0 amide bonds. The van der Waals surface area contributed by atoms with Crippen LogP contribution < -0.4 is 5.32 Å². The van der Waals surface area contributed by atoms with E-state index in [1.54, 1.807) is 25.4 Å². The molecule has 0 radical (unpaired) electrons. The number of aromatic nitrogens is 2. The minimum atomic E-state index is 0.530. The number of anilines is 1. The highest BCUT2D eigenvalue weighted by atomic mass is 15.0. The molecule has 0 unspecified atom stereocenters. The van der Waals surface area contributed by atoms with Crippen LogP contribution in [0.5, 0.6) is 0 Å². The van der Waals surface area contributed by atoms with Crippen LogP contribution in [0.4, 0.5) is 5.82 Å². The molecule has 0 saturated heterocycles. The lowest BCUT2D eigenvalue weighted by Gasteiger charge is -2.04. The molecule has 0 bridgehead atoms. The van der Waals surface area contributed by atoms with Crippen molar-refractivity contribution in [2.24, 2.45) is 0 Å². The van der Waals surface area contributed by atoms with Gasteiger partial charge in [0.2, 0.25) is 0 Å². The Hall–Kier alpha value is -2.41. The van der Waals surface area contributed by atoms with Crippen LogP contribution in [0, 0.1) is 11.3 Å². The third-order valence-corrected chi connectivity index (χ3v) is 2.18. The maximum absolute atomic E-state index is 8.87. The maximum Gasteiger partial charge on any atom is 0.144 e. The van der Waals surface area contributed by atoms with E-state index in [1.807, 2.05) is 18.2 Å². The first-order chi connectivity index (χ1) is 7.85. The van der Waals surface area contributed by atoms with Crippen LogP contribution in [-0.4, -0.2) is 17.0 Å². The molecule has 0 atom stereocenters. The van der Waals surface area contributed by atoms with Crippen LogP contribution in [-0.2, 0) is 0 Å². The van der Waals surface area contributed by atoms with Crippen molar-refractivity contribution in [2.45, 2.75) is 0 Å². The molecule has 0 aliphatic heterocycles. The predicted octanol–water partition coefficient (Wildman–Crippen LogP) is 2.06. The standard InChI is InChI=1S/C12H10N4/c1-14-12-9(8-13)5-6-11(16-12)10-4-2-3-7-15-10/h2-7H,1H3,(H,14,16). The smallest absolute Gasteiger partial charge is 0.144 e. The lowest BCUT2D eigenvalue weighted by molar-refractivity contribution is 1.22. The number of nitrogens with zero attached hydrogens (tertiary/aromatic N) is 3. The molecule has 4 nitrogen and oxygen atoms in total. The molecular formula is C12H10N4. The van der Waals surface area contributed by atoms with Crippen molar-refractivity contribution in [1.29, 1.82) is 5.26 Å². The van der Waals surface area contributed by atoms with Crippen LogP contribution in [0.15, 0.2) is 36.5 Å². The maximum atomic E-state index is 8.87. The summed E-state index contributed by atoms with van der Waals surface area (Å²) in [6, 6.07) is 11.3. The molecule has 2 rings (SSSR count). The highest BCUT2D eigenvalue weighted by Crippen LogP contribution is 2.18. The molecule has 0 aliphatic rings. The van der Waals surface area contributed by atoms with E-state index in [0.717, 1.165) is 11.4 Å². The Kier molecular flexibility index (Phi) is 2.79. The summed E-state index contributed by atoms with van der Waals surface area (Å²) in [5.74, 6) is 0.575. The number of nitrogens with one attached hydrogen (secondary N) is 1. The molecule has 4 heteroatoms. The van der Waals surface area contributed by atoms with Gasteiger partial charge in [-0.2, -0.15) is 5.26 Å². The van der Waals surface area contributed by atoms with Crippen molar-refractivity contribution < 1.29 is 0 Å². The third-order valence-electron chi connectivity index (χ3n) is 2.18. The van der Waals surface area contributed by atoms with Crippen molar-refractivity contribution >= 4 is 5.82 Å². The van der Waals surface area contributed by atoms with E-state index in [0.29, 0.717) is 11.4 Å². The van der Waals surface area contributed by atoms with E-state index in [4.69, 9.17) is 5.26 Å². The topological polar surface area (TPSA) is 61.6 Å². The van der Waals surface area contributed by atoms with Gasteiger partial charge in [-0.25, -0.2) is 4.98 Å². The average molecular weight is 210 g/mol. The van der Waals surface area contributed by atoms with Gasteiger partial charge in [0.25, 0.3) is 0 Å². The zero-order chi connectivity index (χ0) is 11.4. The van der Waals surface area contributed by atoms with E-state index in [1.165, 1.54) is 0 Å². The second-order valence-corrected chi connectivity index (χ2v) is 3.17. The van der Waals surface area contributed by atoms with Gasteiger partial charge in [0.1, 0.15) is 11.9 Å². The first kappa shape index (κ1) is 10.1. The van der Waals surface area contributed by atoms with Gasteiger partial charge < -0.3 is 5.32 Å². The molecule has 0 aromatic carbocycles. The monoisotopic (exact) mass is 210 g/mol. The molecular weight excluding hydrogens is 200 g/mol. The van der Waals surface area contributed by atoms with Crippen LogP contribution >= 0.6 is 0 Å².